The highest BCUT2D eigenvalue weighted by molar-refractivity contribution is 5.82. The minimum atomic E-state index is -4.46. The fourth-order valence-corrected chi connectivity index (χ4v) is 1.85. The summed E-state index contributed by atoms with van der Waals surface area (Å²) in [7, 11) is 2.42. The van der Waals surface area contributed by atoms with Crippen LogP contribution in [0.1, 0.15) is 5.56 Å². The molecule has 1 N–H and O–H groups in total. The molecule has 1 rings (SSSR count). The Balaban J connectivity index is 3.18. The number of hydrogen-bond donors (Lipinski definition) is 1. The maximum absolute atomic E-state index is 12.5. The van der Waals surface area contributed by atoms with Crippen molar-refractivity contribution in [2.75, 3.05) is 27.4 Å². The Kier molecular flexibility index (Phi) is 5.52. The molecule has 0 aliphatic heterocycles. The standard InChI is InChI=1S/C13H16F3NO3/c1-19-9-12(11(18)20-2,17-8-13(14,15)16)10-6-4-3-5-7-10/h3-7,17H,8-9H2,1-2H3. The van der Waals surface area contributed by atoms with E-state index in [2.05, 4.69) is 10.1 Å². The average molecular weight is 291 g/mol. The topological polar surface area (TPSA) is 47.6 Å². The van der Waals surface area contributed by atoms with Gasteiger partial charge in [-0.3, -0.25) is 5.32 Å². The number of carbonyl (C=O) groups excluding carboxylic acids is 1. The number of ether oxygens (including phenoxy) is 2. The van der Waals surface area contributed by atoms with Crippen LogP contribution >= 0.6 is 0 Å². The molecule has 1 aromatic carbocycles. The molecule has 0 amide bonds. The lowest BCUT2D eigenvalue weighted by Gasteiger charge is -2.32. The first kappa shape index (κ1) is 16.5. The van der Waals surface area contributed by atoms with Crippen LogP contribution in [-0.4, -0.2) is 39.5 Å². The van der Waals surface area contributed by atoms with Crippen molar-refractivity contribution in [3.63, 3.8) is 0 Å². The molecular formula is C13H16F3NO3. The lowest BCUT2D eigenvalue weighted by molar-refractivity contribution is -0.157. The van der Waals surface area contributed by atoms with Gasteiger partial charge in [0, 0.05) is 7.11 Å². The van der Waals surface area contributed by atoms with Crippen molar-refractivity contribution < 1.29 is 27.4 Å². The first-order valence-corrected chi connectivity index (χ1v) is 5.80. The second kappa shape index (κ2) is 6.71. The SMILES string of the molecule is COCC(NCC(F)(F)F)(C(=O)OC)c1ccccc1. The van der Waals surface area contributed by atoms with Crippen LogP contribution in [0, 0.1) is 0 Å². The summed E-state index contributed by atoms with van der Waals surface area (Å²) >= 11 is 0. The highest BCUT2D eigenvalue weighted by Gasteiger charge is 2.44. The number of alkyl halides is 3. The summed E-state index contributed by atoms with van der Waals surface area (Å²) in [6.07, 6.45) is -4.46. The summed E-state index contributed by atoms with van der Waals surface area (Å²) < 4.78 is 46.9. The van der Waals surface area contributed by atoms with E-state index in [1.54, 1.807) is 30.3 Å². The molecule has 0 fully saturated rings. The Morgan fingerprint density at radius 3 is 2.25 bits per heavy atom. The van der Waals surface area contributed by atoms with Crippen molar-refractivity contribution in [2.45, 2.75) is 11.7 Å². The van der Waals surface area contributed by atoms with Gasteiger partial charge >= 0.3 is 12.1 Å². The molecule has 20 heavy (non-hydrogen) atoms. The molecule has 0 radical (unpaired) electrons. The number of nitrogens with one attached hydrogen (secondary N) is 1. The maximum Gasteiger partial charge on any atom is 0.401 e. The van der Waals surface area contributed by atoms with E-state index >= 15 is 0 Å². The molecule has 0 spiro atoms. The van der Waals surface area contributed by atoms with Crippen molar-refractivity contribution in [3.05, 3.63) is 35.9 Å². The molecule has 1 unspecified atom stereocenters. The number of rotatable bonds is 6. The lowest BCUT2D eigenvalue weighted by Crippen LogP contribution is -2.55. The predicted molar refractivity (Wildman–Crippen MR) is 66.1 cm³/mol. The maximum atomic E-state index is 12.5. The van der Waals surface area contributed by atoms with Gasteiger partial charge in [0.25, 0.3) is 0 Å². The van der Waals surface area contributed by atoms with Crippen molar-refractivity contribution >= 4 is 5.97 Å². The van der Waals surface area contributed by atoms with Gasteiger partial charge in [-0.25, -0.2) is 4.79 Å². The normalized spacial score (nSPS) is 14.7. The van der Waals surface area contributed by atoms with Gasteiger partial charge in [0.2, 0.25) is 0 Å². The molecule has 0 saturated heterocycles. The number of esters is 1. The van der Waals surface area contributed by atoms with Crippen LogP contribution in [0.4, 0.5) is 13.2 Å². The Labute approximate surface area is 114 Å². The molecule has 4 nitrogen and oxygen atoms in total. The summed E-state index contributed by atoms with van der Waals surface area (Å²) in [5.74, 6) is -0.838. The van der Waals surface area contributed by atoms with E-state index in [9.17, 15) is 18.0 Å². The van der Waals surface area contributed by atoms with E-state index in [1.807, 2.05) is 0 Å². The lowest BCUT2D eigenvalue weighted by atomic mass is 9.90. The molecular weight excluding hydrogens is 275 g/mol. The van der Waals surface area contributed by atoms with Gasteiger partial charge in [-0.2, -0.15) is 13.2 Å². The van der Waals surface area contributed by atoms with Crippen molar-refractivity contribution in [1.82, 2.24) is 5.32 Å². The highest BCUT2D eigenvalue weighted by Crippen LogP contribution is 2.25. The van der Waals surface area contributed by atoms with Crippen molar-refractivity contribution in [1.29, 1.82) is 0 Å². The molecule has 0 heterocycles. The zero-order valence-electron chi connectivity index (χ0n) is 11.2. The van der Waals surface area contributed by atoms with Crippen molar-refractivity contribution in [2.24, 2.45) is 0 Å². The van der Waals surface area contributed by atoms with Gasteiger partial charge in [-0.15, -0.1) is 0 Å². The third kappa shape index (κ3) is 3.94. The summed E-state index contributed by atoms with van der Waals surface area (Å²) in [5.41, 5.74) is -1.35. The second-order valence-electron chi connectivity index (χ2n) is 4.16. The van der Waals surface area contributed by atoms with Gasteiger partial charge in [0.15, 0.2) is 5.54 Å². The van der Waals surface area contributed by atoms with Crippen LogP contribution in [0.15, 0.2) is 30.3 Å². The third-order valence-electron chi connectivity index (χ3n) is 2.75. The average Bonchev–Trinajstić information content (AvgIpc) is 2.42. The van der Waals surface area contributed by atoms with E-state index in [1.165, 1.54) is 7.11 Å². The Morgan fingerprint density at radius 2 is 1.80 bits per heavy atom. The van der Waals surface area contributed by atoms with Crippen LogP contribution in [0.5, 0.6) is 0 Å². The van der Waals surface area contributed by atoms with E-state index < -0.39 is 24.2 Å². The Bertz CT molecular complexity index is 436. The van der Waals surface area contributed by atoms with Gasteiger partial charge in [-0.05, 0) is 5.56 Å². The first-order valence-electron chi connectivity index (χ1n) is 5.80. The molecule has 0 aromatic heterocycles. The predicted octanol–water partition coefficient (Wildman–Crippen LogP) is 1.85. The van der Waals surface area contributed by atoms with Gasteiger partial charge in [0.05, 0.1) is 20.3 Å². The molecule has 1 aromatic rings. The van der Waals surface area contributed by atoms with Crippen molar-refractivity contribution in [3.8, 4) is 0 Å². The van der Waals surface area contributed by atoms with Crippen LogP contribution < -0.4 is 5.32 Å². The van der Waals surface area contributed by atoms with Crippen LogP contribution in [-0.2, 0) is 19.8 Å². The number of halogens is 3. The minimum Gasteiger partial charge on any atom is -0.467 e. The molecule has 0 aliphatic rings. The Morgan fingerprint density at radius 1 is 1.20 bits per heavy atom. The van der Waals surface area contributed by atoms with Gasteiger partial charge in [0.1, 0.15) is 0 Å². The van der Waals surface area contributed by atoms with Crippen LogP contribution in [0.2, 0.25) is 0 Å². The smallest absolute Gasteiger partial charge is 0.401 e. The quantitative estimate of drug-likeness (QED) is 0.813. The van der Waals surface area contributed by atoms with Crippen LogP contribution in [0.25, 0.3) is 0 Å². The Hall–Kier alpha value is -1.60. The molecule has 0 aliphatic carbocycles. The van der Waals surface area contributed by atoms with Gasteiger partial charge < -0.3 is 9.47 Å². The summed E-state index contributed by atoms with van der Waals surface area (Å²) in [4.78, 5) is 12.0. The zero-order chi connectivity index (χ0) is 15.2. The minimum absolute atomic E-state index is 0.278. The molecule has 1 atom stereocenters. The monoisotopic (exact) mass is 291 g/mol. The fourth-order valence-electron chi connectivity index (χ4n) is 1.85. The van der Waals surface area contributed by atoms with Gasteiger partial charge in [-0.1, -0.05) is 30.3 Å². The summed E-state index contributed by atoms with van der Waals surface area (Å²) in [5, 5.41) is 2.22. The zero-order valence-corrected chi connectivity index (χ0v) is 11.2. The first-order chi connectivity index (χ1) is 9.35. The fraction of sp³-hybridized carbons (Fsp3) is 0.462. The molecule has 0 bridgehead atoms. The number of benzene rings is 1. The van der Waals surface area contributed by atoms with E-state index in [4.69, 9.17) is 4.74 Å². The van der Waals surface area contributed by atoms with E-state index in [0.29, 0.717) is 5.56 Å². The molecule has 0 saturated carbocycles. The summed E-state index contributed by atoms with van der Waals surface area (Å²) in [6.45, 7) is -1.61. The largest absolute Gasteiger partial charge is 0.467 e. The number of hydrogen-bond acceptors (Lipinski definition) is 4. The number of methoxy groups -OCH3 is 2. The van der Waals surface area contributed by atoms with E-state index in [0.717, 1.165) is 7.11 Å². The number of carbonyl (C=O) groups is 1. The van der Waals surface area contributed by atoms with Crippen LogP contribution in [0.3, 0.4) is 0 Å². The molecule has 112 valence electrons. The van der Waals surface area contributed by atoms with E-state index in [-0.39, 0.29) is 6.61 Å². The highest BCUT2D eigenvalue weighted by atomic mass is 19.4. The summed E-state index contributed by atoms with van der Waals surface area (Å²) in [6, 6.07) is 8.02. The molecule has 7 heteroatoms. The second-order valence-corrected chi connectivity index (χ2v) is 4.16. The third-order valence-corrected chi connectivity index (χ3v) is 2.75.